The zero-order chi connectivity index (χ0) is 13.5. The topological polar surface area (TPSA) is 27.6 Å². The Kier molecular flexibility index (Phi) is 7.11. The summed E-state index contributed by atoms with van der Waals surface area (Å²) in [6, 6.07) is 4.23. The molecule has 0 aliphatic rings. The molecule has 0 fully saturated rings. The van der Waals surface area contributed by atoms with Gasteiger partial charge in [0.25, 0.3) is 0 Å². The Bertz CT molecular complexity index is 392. The Labute approximate surface area is 126 Å². The monoisotopic (exact) mass is 349 g/mol. The largest absolute Gasteiger partial charge is 0.355 e. The summed E-state index contributed by atoms with van der Waals surface area (Å²) < 4.78 is 1.17. The third-order valence-electron chi connectivity index (χ3n) is 2.55. The van der Waals surface area contributed by atoms with Crippen LogP contribution in [-0.4, -0.2) is 43.0 Å². The second kappa shape index (κ2) is 8.07. The van der Waals surface area contributed by atoms with Gasteiger partial charge >= 0.3 is 0 Å². The van der Waals surface area contributed by atoms with E-state index in [2.05, 4.69) is 63.5 Å². The van der Waals surface area contributed by atoms with Gasteiger partial charge in [-0.15, -0.1) is 11.3 Å². The summed E-state index contributed by atoms with van der Waals surface area (Å²) in [5.41, 5.74) is 0. The molecule has 6 heteroatoms. The first-order valence-corrected chi connectivity index (χ1v) is 8.65. The molecular weight excluding hydrogens is 330 g/mol. The number of nitrogens with zero attached hydrogens (tertiary/aromatic N) is 2. The summed E-state index contributed by atoms with van der Waals surface area (Å²) in [4.78, 5) is 7.78. The molecule has 1 aromatic rings. The minimum atomic E-state index is 0.589. The van der Waals surface area contributed by atoms with Crippen LogP contribution in [0.3, 0.4) is 0 Å². The van der Waals surface area contributed by atoms with Crippen LogP contribution in [0.25, 0.3) is 0 Å². The van der Waals surface area contributed by atoms with E-state index in [1.54, 1.807) is 11.3 Å². The van der Waals surface area contributed by atoms with E-state index in [4.69, 9.17) is 0 Å². The standard InChI is InChI=1S/C12H20BrN3S2/c1-9(17-4)7-15-12(14-2)16(3)8-10-5-6-11(13)18-10/h5-6,9H,7-8H2,1-4H3,(H,14,15). The van der Waals surface area contributed by atoms with E-state index in [-0.39, 0.29) is 0 Å². The maximum absolute atomic E-state index is 4.31. The molecule has 1 aromatic heterocycles. The molecule has 0 radical (unpaired) electrons. The summed E-state index contributed by atoms with van der Waals surface area (Å²) >= 11 is 7.10. The van der Waals surface area contributed by atoms with Crippen molar-refractivity contribution >= 4 is 45.0 Å². The van der Waals surface area contributed by atoms with Gasteiger partial charge in [0.2, 0.25) is 0 Å². The smallest absolute Gasteiger partial charge is 0.193 e. The van der Waals surface area contributed by atoms with Crippen LogP contribution in [-0.2, 0) is 6.54 Å². The van der Waals surface area contributed by atoms with Gasteiger partial charge < -0.3 is 10.2 Å². The molecule has 1 N–H and O–H groups in total. The Balaban J connectivity index is 2.49. The zero-order valence-corrected chi connectivity index (χ0v) is 14.5. The van der Waals surface area contributed by atoms with Gasteiger partial charge in [-0.3, -0.25) is 4.99 Å². The van der Waals surface area contributed by atoms with Crippen LogP contribution >= 0.6 is 39.0 Å². The first-order valence-electron chi connectivity index (χ1n) is 5.75. The molecule has 0 bridgehead atoms. The van der Waals surface area contributed by atoms with E-state index in [1.807, 2.05) is 18.8 Å². The highest BCUT2D eigenvalue weighted by Gasteiger charge is 2.09. The van der Waals surface area contributed by atoms with Crippen LogP contribution in [0.1, 0.15) is 11.8 Å². The third kappa shape index (κ3) is 5.20. The minimum Gasteiger partial charge on any atom is -0.355 e. The number of thiophene rings is 1. The second-order valence-electron chi connectivity index (χ2n) is 4.04. The fourth-order valence-corrected chi connectivity index (χ4v) is 3.24. The molecular formula is C12H20BrN3S2. The van der Waals surface area contributed by atoms with Gasteiger partial charge in [0.15, 0.2) is 5.96 Å². The molecule has 0 aromatic carbocycles. The number of guanidine groups is 1. The lowest BCUT2D eigenvalue weighted by Gasteiger charge is -2.22. The number of halogens is 1. The first-order chi connectivity index (χ1) is 8.56. The molecule has 1 atom stereocenters. The quantitative estimate of drug-likeness (QED) is 0.652. The van der Waals surface area contributed by atoms with E-state index in [0.29, 0.717) is 5.25 Å². The predicted molar refractivity (Wildman–Crippen MR) is 87.8 cm³/mol. The van der Waals surface area contributed by atoms with Gasteiger partial charge in [-0.25, -0.2) is 0 Å². The summed E-state index contributed by atoms with van der Waals surface area (Å²) in [5, 5.41) is 3.98. The van der Waals surface area contributed by atoms with E-state index in [9.17, 15) is 0 Å². The van der Waals surface area contributed by atoms with Crippen LogP contribution in [0.4, 0.5) is 0 Å². The average Bonchev–Trinajstić information content (AvgIpc) is 2.75. The Hall–Kier alpha value is -0.200. The molecule has 0 amide bonds. The van der Waals surface area contributed by atoms with E-state index in [0.717, 1.165) is 19.0 Å². The van der Waals surface area contributed by atoms with Gasteiger partial charge in [-0.05, 0) is 34.3 Å². The normalized spacial score (nSPS) is 13.5. The van der Waals surface area contributed by atoms with Crippen molar-refractivity contribution in [1.82, 2.24) is 10.2 Å². The summed E-state index contributed by atoms with van der Waals surface area (Å²) in [6.45, 7) is 4.03. The highest BCUT2D eigenvalue weighted by Crippen LogP contribution is 2.22. The fourth-order valence-electron chi connectivity index (χ4n) is 1.45. The van der Waals surface area contributed by atoms with Crippen LogP contribution in [0.5, 0.6) is 0 Å². The first kappa shape index (κ1) is 15.9. The molecule has 0 spiro atoms. The molecule has 0 saturated carbocycles. The predicted octanol–water partition coefficient (Wildman–Crippen LogP) is 3.27. The maximum Gasteiger partial charge on any atom is 0.193 e. The summed E-state index contributed by atoms with van der Waals surface area (Å²) in [7, 11) is 3.89. The van der Waals surface area contributed by atoms with Crippen LogP contribution < -0.4 is 5.32 Å². The van der Waals surface area contributed by atoms with E-state index >= 15 is 0 Å². The molecule has 1 rings (SSSR count). The number of thioether (sulfide) groups is 1. The lowest BCUT2D eigenvalue weighted by atomic mass is 10.4. The van der Waals surface area contributed by atoms with Gasteiger partial charge in [-0.2, -0.15) is 11.8 Å². The van der Waals surface area contributed by atoms with E-state index < -0.39 is 0 Å². The highest BCUT2D eigenvalue weighted by atomic mass is 79.9. The van der Waals surface area contributed by atoms with Gasteiger partial charge in [0, 0.05) is 30.8 Å². The van der Waals surface area contributed by atoms with Crippen LogP contribution in [0, 0.1) is 0 Å². The molecule has 0 aliphatic heterocycles. The molecule has 0 saturated heterocycles. The van der Waals surface area contributed by atoms with Crippen LogP contribution in [0.15, 0.2) is 20.9 Å². The summed E-state index contributed by atoms with van der Waals surface area (Å²) in [6.07, 6.45) is 2.13. The zero-order valence-electron chi connectivity index (χ0n) is 11.2. The van der Waals surface area contributed by atoms with Gasteiger partial charge in [0.1, 0.15) is 0 Å². The van der Waals surface area contributed by atoms with Crippen molar-refractivity contribution in [2.45, 2.75) is 18.7 Å². The highest BCUT2D eigenvalue weighted by molar-refractivity contribution is 9.11. The number of nitrogens with one attached hydrogen (secondary N) is 1. The van der Waals surface area contributed by atoms with Gasteiger partial charge in [-0.1, -0.05) is 6.92 Å². The fraction of sp³-hybridized carbons (Fsp3) is 0.583. The summed E-state index contributed by atoms with van der Waals surface area (Å²) in [5.74, 6) is 0.945. The van der Waals surface area contributed by atoms with Gasteiger partial charge in [0.05, 0.1) is 10.3 Å². The number of hydrogen-bond acceptors (Lipinski definition) is 3. The maximum atomic E-state index is 4.31. The lowest BCUT2D eigenvalue weighted by molar-refractivity contribution is 0.482. The molecule has 1 unspecified atom stereocenters. The molecule has 0 aliphatic carbocycles. The average molecular weight is 350 g/mol. The van der Waals surface area contributed by atoms with E-state index in [1.165, 1.54) is 8.66 Å². The number of rotatable bonds is 5. The number of aliphatic imine (C=N–C) groups is 1. The Morgan fingerprint density at radius 3 is 2.83 bits per heavy atom. The van der Waals surface area contributed by atoms with Crippen molar-refractivity contribution in [3.8, 4) is 0 Å². The molecule has 102 valence electrons. The van der Waals surface area contributed by atoms with Crippen molar-refractivity contribution < 1.29 is 0 Å². The Morgan fingerprint density at radius 1 is 1.61 bits per heavy atom. The Morgan fingerprint density at radius 2 is 2.33 bits per heavy atom. The second-order valence-corrected chi connectivity index (χ2v) is 7.86. The van der Waals surface area contributed by atoms with Crippen molar-refractivity contribution in [2.24, 2.45) is 4.99 Å². The lowest BCUT2D eigenvalue weighted by Crippen LogP contribution is -2.40. The van der Waals surface area contributed by atoms with Crippen molar-refractivity contribution in [1.29, 1.82) is 0 Å². The van der Waals surface area contributed by atoms with Crippen molar-refractivity contribution in [2.75, 3.05) is 26.9 Å². The minimum absolute atomic E-state index is 0.589. The van der Waals surface area contributed by atoms with Crippen molar-refractivity contribution in [3.05, 3.63) is 20.8 Å². The van der Waals surface area contributed by atoms with Crippen molar-refractivity contribution in [3.63, 3.8) is 0 Å². The molecule has 1 heterocycles. The molecule has 3 nitrogen and oxygen atoms in total. The third-order valence-corrected chi connectivity index (χ3v) is 5.13. The van der Waals surface area contributed by atoms with Crippen LogP contribution in [0.2, 0.25) is 0 Å². The number of hydrogen-bond donors (Lipinski definition) is 1. The molecule has 18 heavy (non-hydrogen) atoms. The SMILES string of the molecule is CN=C(NCC(C)SC)N(C)Cc1ccc(Br)s1.